The first-order chi connectivity index (χ1) is 8.88. The van der Waals surface area contributed by atoms with Crippen LogP contribution in [0.4, 0.5) is 13.2 Å². The van der Waals surface area contributed by atoms with E-state index in [1.54, 1.807) is 18.2 Å². The van der Waals surface area contributed by atoms with E-state index in [1.807, 2.05) is 0 Å². The third-order valence-corrected chi connectivity index (χ3v) is 2.54. The molecule has 1 heterocycles. The molecule has 0 aliphatic rings. The van der Waals surface area contributed by atoms with Gasteiger partial charge >= 0.3 is 12.1 Å². The van der Waals surface area contributed by atoms with E-state index in [2.05, 4.69) is 5.10 Å². The average Bonchev–Trinajstić information content (AvgIpc) is 2.77. The van der Waals surface area contributed by atoms with Crippen LogP contribution >= 0.6 is 0 Å². The molecule has 0 aliphatic carbocycles. The van der Waals surface area contributed by atoms with Gasteiger partial charge in [0.15, 0.2) is 0 Å². The Labute approximate surface area is 106 Å². The Morgan fingerprint density at radius 2 is 2.00 bits per heavy atom. The third-order valence-electron chi connectivity index (χ3n) is 2.54. The van der Waals surface area contributed by atoms with Gasteiger partial charge in [0.05, 0.1) is 23.9 Å². The van der Waals surface area contributed by atoms with Crippen molar-refractivity contribution >= 4 is 5.97 Å². The number of carboxylic acid groups (broad SMARTS) is 1. The highest BCUT2D eigenvalue weighted by Gasteiger charge is 2.32. The Bertz CT molecular complexity index is 605. The number of aromatic carboxylic acids is 1. The first kappa shape index (κ1) is 13.1. The lowest BCUT2D eigenvalue weighted by Crippen LogP contribution is -2.08. The normalized spacial score (nSPS) is 11.5. The minimum Gasteiger partial charge on any atom is -0.478 e. The van der Waals surface area contributed by atoms with Crippen molar-refractivity contribution in [2.45, 2.75) is 12.7 Å². The van der Waals surface area contributed by atoms with E-state index >= 15 is 0 Å². The fourth-order valence-electron chi connectivity index (χ4n) is 1.64. The first-order valence-electron chi connectivity index (χ1n) is 5.29. The lowest BCUT2D eigenvalue weighted by Gasteiger charge is -2.06. The molecular formula is C12H9F3N2O2. The second-order valence-corrected chi connectivity index (χ2v) is 3.89. The van der Waals surface area contributed by atoms with E-state index < -0.39 is 17.7 Å². The predicted molar refractivity (Wildman–Crippen MR) is 59.7 cm³/mol. The molecule has 0 atom stereocenters. The monoisotopic (exact) mass is 270 g/mol. The molecule has 100 valence electrons. The van der Waals surface area contributed by atoms with Gasteiger partial charge in [-0.05, 0) is 11.6 Å². The van der Waals surface area contributed by atoms with Crippen LogP contribution < -0.4 is 0 Å². The summed E-state index contributed by atoms with van der Waals surface area (Å²) in [7, 11) is 0. The van der Waals surface area contributed by atoms with E-state index in [4.69, 9.17) is 5.11 Å². The van der Waals surface area contributed by atoms with Crippen molar-refractivity contribution in [3.8, 4) is 0 Å². The highest BCUT2D eigenvalue weighted by atomic mass is 19.4. The van der Waals surface area contributed by atoms with Gasteiger partial charge in [-0.25, -0.2) is 4.79 Å². The van der Waals surface area contributed by atoms with Crippen molar-refractivity contribution in [3.63, 3.8) is 0 Å². The van der Waals surface area contributed by atoms with Crippen LogP contribution in [0, 0.1) is 0 Å². The molecular weight excluding hydrogens is 261 g/mol. The zero-order chi connectivity index (χ0) is 14.0. The maximum atomic E-state index is 12.4. The highest BCUT2D eigenvalue weighted by molar-refractivity contribution is 5.89. The highest BCUT2D eigenvalue weighted by Crippen LogP contribution is 2.28. The summed E-state index contributed by atoms with van der Waals surface area (Å²) >= 11 is 0. The Morgan fingerprint density at radius 1 is 1.32 bits per heavy atom. The summed E-state index contributed by atoms with van der Waals surface area (Å²) in [5.74, 6) is -1.13. The van der Waals surface area contributed by atoms with Gasteiger partial charge in [-0.2, -0.15) is 18.3 Å². The standard InChI is InChI=1S/C12H9F3N2O2/c13-12(14,15)9-5-16-17(7-9)6-8-3-1-2-4-10(8)11(18)19/h1-5,7H,6H2,(H,18,19). The Hall–Kier alpha value is -2.31. The van der Waals surface area contributed by atoms with Crippen molar-refractivity contribution in [1.29, 1.82) is 0 Å². The van der Waals surface area contributed by atoms with Crippen LogP contribution in [0.5, 0.6) is 0 Å². The van der Waals surface area contributed by atoms with E-state index in [0.717, 1.165) is 10.9 Å². The summed E-state index contributed by atoms with van der Waals surface area (Å²) in [5, 5.41) is 12.6. The molecule has 2 rings (SSSR count). The van der Waals surface area contributed by atoms with Crippen molar-refractivity contribution in [2.24, 2.45) is 0 Å². The maximum absolute atomic E-state index is 12.4. The van der Waals surface area contributed by atoms with Crippen molar-refractivity contribution < 1.29 is 23.1 Å². The van der Waals surface area contributed by atoms with Gasteiger partial charge in [0.2, 0.25) is 0 Å². The molecule has 0 aliphatic heterocycles. The molecule has 7 heteroatoms. The van der Waals surface area contributed by atoms with Gasteiger partial charge in [-0.15, -0.1) is 0 Å². The van der Waals surface area contributed by atoms with Crippen LogP contribution in [0.2, 0.25) is 0 Å². The molecule has 0 unspecified atom stereocenters. The number of nitrogens with zero attached hydrogens (tertiary/aromatic N) is 2. The van der Waals surface area contributed by atoms with E-state index in [-0.39, 0.29) is 12.1 Å². The van der Waals surface area contributed by atoms with Gasteiger partial charge < -0.3 is 5.11 Å². The van der Waals surface area contributed by atoms with Crippen LogP contribution in [0.1, 0.15) is 21.5 Å². The lowest BCUT2D eigenvalue weighted by atomic mass is 10.1. The van der Waals surface area contributed by atoms with E-state index in [9.17, 15) is 18.0 Å². The van der Waals surface area contributed by atoms with Gasteiger partial charge in [-0.3, -0.25) is 4.68 Å². The topological polar surface area (TPSA) is 55.1 Å². The molecule has 0 fully saturated rings. The minimum atomic E-state index is -4.45. The van der Waals surface area contributed by atoms with Crippen LogP contribution in [-0.4, -0.2) is 20.9 Å². The number of benzene rings is 1. The van der Waals surface area contributed by atoms with E-state index in [0.29, 0.717) is 11.8 Å². The fourth-order valence-corrected chi connectivity index (χ4v) is 1.64. The van der Waals surface area contributed by atoms with Gasteiger partial charge in [-0.1, -0.05) is 18.2 Å². The average molecular weight is 270 g/mol. The summed E-state index contributed by atoms with van der Waals surface area (Å²) in [6.07, 6.45) is -2.90. The summed E-state index contributed by atoms with van der Waals surface area (Å²) < 4.78 is 38.3. The number of carboxylic acids is 1. The SMILES string of the molecule is O=C(O)c1ccccc1Cn1cc(C(F)(F)F)cn1. The number of alkyl halides is 3. The van der Waals surface area contributed by atoms with Crippen LogP contribution in [0.3, 0.4) is 0 Å². The molecule has 19 heavy (non-hydrogen) atoms. The van der Waals surface area contributed by atoms with Crippen LogP contribution in [-0.2, 0) is 12.7 Å². The Morgan fingerprint density at radius 3 is 2.58 bits per heavy atom. The summed E-state index contributed by atoms with van der Waals surface area (Å²) in [6, 6.07) is 6.11. The molecule has 0 saturated heterocycles. The summed E-state index contributed by atoms with van der Waals surface area (Å²) in [6.45, 7) is -0.0292. The van der Waals surface area contributed by atoms with Gasteiger partial charge in [0.1, 0.15) is 0 Å². The molecule has 0 amide bonds. The molecule has 1 aromatic carbocycles. The largest absolute Gasteiger partial charge is 0.478 e. The second kappa shape index (κ2) is 4.75. The minimum absolute atomic E-state index is 0.0292. The maximum Gasteiger partial charge on any atom is 0.419 e. The van der Waals surface area contributed by atoms with Gasteiger partial charge in [0, 0.05) is 6.20 Å². The Balaban J connectivity index is 2.27. The number of aromatic nitrogens is 2. The molecule has 2 aromatic rings. The predicted octanol–water partition coefficient (Wildman–Crippen LogP) is 2.65. The summed E-state index contributed by atoms with van der Waals surface area (Å²) in [4.78, 5) is 11.0. The molecule has 0 radical (unpaired) electrons. The van der Waals surface area contributed by atoms with Crippen molar-refractivity contribution in [2.75, 3.05) is 0 Å². The van der Waals surface area contributed by atoms with Crippen molar-refractivity contribution in [3.05, 3.63) is 53.3 Å². The number of hydrogen-bond acceptors (Lipinski definition) is 2. The Kier molecular flexibility index (Phi) is 3.28. The zero-order valence-corrected chi connectivity index (χ0v) is 9.55. The number of halogens is 3. The fraction of sp³-hybridized carbons (Fsp3) is 0.167. The zero-order valence-electron chi connectivity index (χ0n) is 9.55. The molecule has 0 spiro atoms. The van der Waals surface area contributed by atoms with Crippen molar-refractivity contribution in [1.82, 2.24) is 9.78 Å². The molecule has 1 aromatic heterocycles. The van der Waals surface area contributed by atoms with E-state index in [1.165, 1.54) is 6.07 Å². The number of hydrogen-bond donors (Lipinski definition) is 1. The van der Waals surface area contributed by atoms with Crippen LogP contribution in [0.15, 0.2) is 36.7 Å². The lowest BCUT2D eigenvalue weighted by molar-refractivity contribution is -0.137. The molecule has 0 saturated carbocycles. The molecule has 4 nitrogen and oxygen atoms in total. The number of carbonyl (C=O) groups is 1. The quantitative estimate of drug-likeness (QED) is 0.932. The van der Waals surface area contributed by atoms with Gasteiger partial charge in [0.25, 0.3) is 0 Å². The smallest absolute Gasteiger partial charge is 0.419 e. The third kappa shape index (κ3) is 2.93. The number of rotatable bonds is 3. The molecule has 1 N–H and O–H groups in total. The molecule has 0 bridgehead atoms. The summed E-state index contributed by atoms with van der Waals surface area (Å²) in [5.41, 5.74) is -0.418. The second-order valence-electron chi connectivity index (χ2n) is 3.89. The van der Waals surface area contributed by atoms with Crippen LogP contribution in [0.25, 0.3) is 0 Å². The first-order valence-corrected chi connectivity index (χ1v) is 5.29.